The highest BCUT2D eigenvalue weighted by molar-refractivity contribution is 7.80. The van der Waals surface area contributed by atoms with Crippen molar-refractivity contribution in [2.45, 2.75) is 133 Å². The molecule has 0 heterocycles. The number of phenols is 2. The van der Waals surface area contributed by atoms with Crippen LogP contribution < -0.4 is 48.7 Å². The quantitative estimate of drug-likeness (QED) is 0.0271. The lowest BCUT2D eigenvalue weighted by Crippen LogP contribution is -2.61. The van der Waals surface area contributed by atoms with Gasteiger partial charge in [-0.05, 0) is 85.5 Å². The number of rotatable bonds is 34. The van der Waals surface area contributed by atoms with Gasteiger partial charge in [0.2, 0.25) is 41.4 Å². The zero-order valence-corrected chi connectivity index (χ0v) is 43.7. The molecule has 16 N–H and O–H groups in total. The number of benzene rings is 3. The third-order valence-corrected chi connectivity index (χ3v) is 12.8. The number of nitrogens with one attached hydrogen (secondary N) is 7. The predicted molar refractivity (Wildman–Crippen MR) is 283 cm³/mol. The van der Waals surface area contributed by atoms with Gasteiger partial charge in [-0.25, -0.2) is 4.79 Å². The number of carboxylic acids is 3. The molecule has 0 aliphatic carbocycles. The van der Waals surface area contributed by atoms with Crippen LogP contribution >= 0.6 is 12.6 Å². The summed E-state index contributed by atoms with van der Waals surface area (Å²) in [4.78, 5) is 133. The first-order valence-corrected chi connectivity index (χ1v) is 25.6. The molecule has 0 bridgehead atoms. The normalized spacial score (nSPS) is 14.5. The van der Waals surface area contributed by atoms with Crippen molar-refractivity contribution in [2.24, 2.45) is 17.4 Å². The minimum absolute atomic E-state index is 0.0591. The van der Waals surface area contributed by atoms with Crippen LogP contribution in [-0.4, -0.2) is 145 Å². The Hall–Kier alpha value is -7.77. The van der Waals surface area contributed by atoms with Gasteiger partial charge in [-0.3, -0.25) is 43.2 Å². The fourth-order valence-corrected chi connectivity index (χ4v) is 7.94. The Labute approximate surface area is 450 Å². The maximum atomic E-state index is 14.4. The fraction of sp³-hybridized carbons (Fsp3) is 0.462. The van der Waals surface area contributed by atoms with Gasteiger partial charge in [0.25, 0.3) is 0 Å². The molecule has 0 spiro atoms. The van der Waals surface area contributed by atoms with Crippen LogP contribution in [0.2, 0.25) is 0 Å². The summed E-state index contributed by atoms with van der Waals surface area (Å²) in [6.07, 6.45) is -1.50. The van der Waals surface area contributed by atoms with Crippen LogP contribution in [0.4, 0.5) is 0 Å². The summed E-state index contributed by atoms with van der Waals surface area (Å²) in [6.45, 7) is 3.58. The number of thiol groups is 1. The highest BCUT2D eigenvalue weighted by Gasteiger charge is 2.36. The molecule has 0 fully saturated rings. The lowest BCUT2D eigenvalue weighted by atomic mass is 9.96. The largest absolute Gasteiger partial charge is 0.508 e. The second kappa shape index (κ2) is 32.6. The first-order chi connectivity index (χ1) is 36.5. The van der Waals surface area contributed by atoms with Gasteiger partial charge in [0.05, 0.1) is 6.04 Å². The maximum absolute atomic E-state index is 14.4. The fourth-order valence-electron chi connectivity index (χ4n) is 7.69. The van der Waals surface area contributed by atoms with E-state index < -0.39 is 133 Å². The van der Waals surface area contributed by atoms with E-state index in [1.165, 1.54) is 48.5 Å². The Balaban J connectivity index is 1.97. The molecule has 9 atom stereocenters. The Kier molecular flexibility index (Phi) is 26.9. The number of aliphatic carboxylic acids is 3. The average Bonchev–Trinajstić information content (AvgIpc) is 3.39. The van der Waals surface area contributed by atoms with Gasteiger partial charge >= 0.3 is 17.9 Å². The maximum Gasteiger partial charge on any atom is 0.327 e. The van der Waals surface area contributed by atoms with E-state index in [2.05, 4.69) is 49.8 Å². The van der Waals surface area contributed by atoms with Crippen LogP contribution in [-0.2, 0) is 67.2 Å². The van der Waals surface area contributed by atoms with Gasteiger partial charge < -0.3 is 74.2 Å². The molecule has 0 aliphatic heterocycles. The summed E-state index contributed by atoms with van der Waals surface area (Å²) in [5, 5.41) is 66.0. The first-order valence-electron chi connectivity index (χ1n) is 25.0. The average molecular weight is 1090 g/mol. The van der Waals surface area contributed by atoms with Crippen molar-refractivity contribution in [3.63, 3.8) is 0 Å². The van der Waals surface area contributed by atoms with Crippen LogP contribution in [0.5, 0.6) is 11.5 Å². The van der Waals surface area contributed by atoms with Crippen LogP contribution in [0.25, 0.3) is 0 Å². The second-order valence-corrected chi connectivity index (χ2v) is 18.8. The number of carbonyl (C=O) groups is 10. The van der Waals surface area contributed by atoms with E-state index in [0.717, 1.165) is 0 Å². The van der Waals surface area contributed by atoms with Crippen molar-refractivity contribution in [2.75, 3.05) is 12.3 Å². The molecule has 24 nitrogen and oxygen atoms in total. The minimum Gasteiger partial charge on any atom is -0.508 e. The molecular formula is C52H71N9O15S. The number of hydrogen-bond donors (Lipinski definition) is 15. The number of phenolic OH excluding ortho intramolecular Hbond substituents is 2. The Morgan fingerprint density at radius 3 is 1.32 bits per heavy atom. The molecule has 0 aliphatic rings. The zero-order valence-electron chi connectivity index (χ0n) is 42.8. The standard InChI is InChI=1S/C52H71N9O15S/c1-3-29(2)44(61-50(73)40(27-32-14-18-34(63)19-15-32)57-45(68)35(54)20-22-42(64)65)51(74)56-36(11-7-8-24-53)46(69)55-37(21-23-43(66)67)47(70)58-38(25-30-9-5-4-6-10-30)48(71)59-39(26-31-12-16-33(62)17-13-31)49(72)60-41(28-77)52(75)76/h4-6,9-10,12-19,29,35-41,44,62-63,77H,3,7-8,11,20-28,53-54H2,1-2H3,(H,55,69)(H,56,74)(H,57,68)(H,58,70)(H,59,71)(H,60,72)(H,61,73)(H,64,65)(H,66,67)(H,75,76)/t29-,35-,36-,37-,38-,39-,40-,41-,44-/m0/s1. The van der Waals surface area contributed by atoms with Crippen LogP contribution in [0.15, 0.2) is 78.9 Å². The van der Waals surface area contributed by atoms with Gasteiger partial charge in [-0.1, -0.05) is 74.9 Å². The molecule has 0 saturated heterocycles. The smallest absolute Gasteiger partial charge is 0.327 e. The Bertz CT molecular complexity index is 2470. The number of hydrogen-bond acceptors (Lipinski definition) is 15. The van der Waals surface area contributed by atoms with Crippen LogP contribution in [0, 0.1) is 5.92 Å². The summed E-state index contributed by atoms with van der Waals surface area (Å²) in [6, 6.07) is 8.16. The number of amides is 7. The summed E-state index contributed by atoms with van der Waals surface area (Å²) >= 11 is 4.01. The molecule has 0 aromatic heterocycles. The summed E-state index contributed by atoms with van der Waals surface area (Å²) in [5.41, 5.74) is 13.2. The third kappa shape index (κ3) is 22.5. The van der Waals surface area contributed by atoms with Crippen molar-refractivity contribution in [1.82, 2.24) is 37.2 Å². The molecule has 0 saturated carbocycles. The van der Waals surface area contributed by atoms with Gasteiger partial charge in [0.15, 0.2) is 0 Å². The van der Waals surface area contributed by atoms with E-state index in [9.17, 15) is 68.4 Å². The highest BCUT2D eigenvalue weighted by Crippen LogP contribution is 2.16. The molecule has 0 unspecified atom stereocenters. The van der Waals surface area contributed by atoms with E-state index in [1.54, 1.807) is 44.2 Å². The molecule has 3 rings (SSSR count). The lowest BCUT2D eigenvalue weighted by Gasteiger charge is -2.29. The summed E-state index contributed by atoms with van der Waals surface area (Å²) in [7, 11) is 0. The monoisotopic (exact) mass is 1090 g/mol. The van der Waals surface area contributed by atoms with E-state index in [4.69, 9.17) is 16.6 Å². The van der Waals surface area contributed by atoms with Crippen molar-refractivity contribution in [1.29, 1.82) is 0 Å². The number of unbranched alkanes of at least 4 members (excludes halogenated alkanes) is 1. The van der Waals surface area contributed by atoms with Crippen molar-refractivity contribution in [3.8, 4) is 11.5 Å². The van der Waals surface area contributed by atoms with E-state index in [1.807, 2.05) is 0 Å². The van der Waals surface area contributed by atoms with E-state index in [0.29, 0.717) is 29.5 Å². The van der Waals surface area contributed by atoms with Crippen LogP contribution in [0.3, 0.4) is 0 Å². The molecule has 0 radical (unpaired) electrons. The van der Waals surface area contributed by atoms with Gasteiger partial charge in [0, 0.05) is 37.9 Å². The second-order valence-electron chi connectivity index (χ2n) is 18.4. The van der Waals surface area contributed by atoms with Crippen molar-refractivity contribution >= 4 is 71.9 Å². The van der Waals surface area contributed by atoms with Crippen LogP contribution in [0.1, 0.15) is 81.9 Å². The number of nitrogens with two attached hydrogens (primary N) is 2. The van der Waals surface area contributed by atoms with Crippen molar-refractivity contribution < 1.29 is 73.5 Å². The van der Waals surface area contributed by atoms with Gasteiger partial charge in [0.1, 0.15) is 53.8 Å². The highest BCUT2D eigenvalue weighted by atomic mass is 32.1. The number of carbonyl (C=O) groups excluding carboxylic acids is 7. The van der Waals surface area contributed by atoms with Crippen molar-refractivity contribution in [3.05, 3.63) is 95.6 Å². The van der Waals surface area contributed by atoms with E-state index >= 15 is 0 Å². The molecule has 77 heavy (non-hydrogen) atoms. The Morgan fingerprint density at radius 2 is 0.883 bits per heavy atom. The Morgan fingerprint density at radius 1 is 0.494 bits per heavy atom. The molecule has 420 valence electrons. The molecule has 7 amide bonds. The summed E-state index contributed by atoms with van der Waals surface area (Å²) < 4.78 is 0. The molecular weight excluding hydrogens is 1020 g/mol. The predicted octanol–water partition coefficient (Wildman–Crippen LogP) is -0.234. The SMILES string of the molecule is CC[C@H](C)[C@H](NC(=O)[C@H](Cc1ccc(O)cc1)NC(=O)[C@@H](N)CCC(=O)O)C(=O)N[C@@H](CCCCN)C(=O)N[C@@H](CCC(=O)O)C(=O)N[C@@H](Cc1ccccc1)C(=O)N[C@@H](Cc1ccc(O)cc1)C(=O)N[C@@H](CS)C(=O)O. The third-order valence-electron chi connectivity index (χ3n) is 12.4. The van der Waals surface area contributed by atoms with E-state index in [-0.39, 0.29) is 62.3 Å². The molecule has 25 heteroatoms. The number of aromatic hydroxyl groups is 2. The first kappa shape index (κ1) is 63.5. The molecule has 3 aromatic rings. The van der Waals surface area contributed by atoms with Gasteiger partial charge in [-0.2, -0.15) is 12.6 Å². The lowest BCUT2D eigenvalue weighted by molar-refractivity contribution is -0.142. The topological polar surface area (TPSA) is 408 Å². The minimum atomic E-state index is -1.66. The van der Waals surface area contributed by atoms with Gasteiger partial charge in [-0.15, -0.1) is 0 Å². The summed E-state index contributed by atoms with van der Waals surface area (Å²) in [5.74, 6) is -11.4. The zero-order chi connectivity index (χ0) is 57.2. The molecule has 3 aromatic carbocycles. The number of carboxylic acid groups (broad SMARTS) is 3.